The smallest absolute Gasteiger partial charge is 0.0689 e. The van der Waals surface area contributed by atoms with Crippen LogP contribution in [0.1, 0.15) is 30.9 Å². The molecule has 0 aliphatic heterocycles. The van der Waals surface area contributed by atoms with Gasteiger partial charge < -0.3 is 0 Å². The number of benzene rings is 1. The van der Waals surface area contributed by atoms with E-state index in [0.29, 0.717) is 0 Å². The minimum atomic E-state index is 0.150. The van der Waals surface area contributed by atoms with Crippen LogP contribution in [0, 0.1) is 12.3 Å². The topological polar surface area (TPSA) is 29.9 Å². The Morgan fingerprint density at radius 1 is 1.30 bits per heavy atom. The van der Waals surface area contributed by atoms with Crippen molar-refractivity contribution in [2.75, 3.05) is 0 Å². The second-order valence-corrected chi connectivity index (χ2v) is 4.92. The summed E-state index contributed by atoms with van der Waals surface area (Å²) in [7, 11) is 0. The van der Waals surface area contributed by atoms with Gasteiger partial charge >= 0.3 is 0 Å². The molecule has 0 saturated heterocycles. The standard InChI is InChI=1S/C17H21N3/c1-3-8-17(4-2)18-11-16-12-19-20(14-16)13-15-9-6-5-7-10-15/h2,5-7,9-10,12,14,17-18H,3,8,11,13H2,1H3. The minimum Gasteiger partial charge on any atom is -0.299 e. The van der Waals surface area contributed by atoms with E-state index in [1.165, 1.54) is 5.56 Å². The van der Waals surface area contributed by atoms with E-state index in [2.05, 4.69) is 41.6 Å². The lowest BCUT2D eigenvalue weighted by Gasteiger charge is -2.10. The fourth-order valence-electron chi connectivity index (χ4n) is 2.13. The molecule has 1 atom stereocenters. The van der Waals surface area contributed by atoms with Gasteiger partial charge in [-0.25, -0.2) is 0 Å². The molecule has 104 valence electrons. The van der Waals surface area contributed by atoms with Gasteiger partial charge in [-0.05, 0) is 12.0 Å². The highest BCUT2D eigenvalue weighted by atomic mass is 15.3. The Balaban J connectivity index is 1.88. The van der Waals surface area contributed by atoms with E-state index in [0.717, 1.165) is 31.5 Å². The summed E-state index contributed by atoms with van der Waals surface area (Å²) in [6, 6.07) is 10.5. The van der Waals surface area contributed by atoms with Crippen LogP contribution in [0.4, 0.5) is 0 Å². The summed E-state index contributed by atoms with van der Waals surface area (Å²) >= 11 is 0. The maximum Gasteiger partial charge on any atom is 0.0689 e. The molecule has 20 heavy (non-hydrogen) atoms. The molecule has 3 heteroatoms. The predicted molar refractivity (Wildman–Crippen MR) is 82.1 cm³/mol. The highest BCUT2D eigenvalue weighted by Crippen LogP contribution is 2.05. The molecule has 1 heterocycles. The molecular formula is C17H21N3. The first-order chi connectivity index (χ1) is 9.81. The third-order valence-electron chi connectivity index (χ3n) is 3.21. The largest absolute Gasteiger partial charge is 0.299 e. The number of rotatable bonds is 7. The van der Waals surface area contributed by atoms with Crippen molar-refractivity contribution in [2.24, 2.45) is 0 Å². The Bertz CT molecular complexity index is 551. The summed E-state index contributed by atoms with van der Waals surface area (Å²) in [5, 5.41) is 7.76. The molecule has 0 aliphatic rings. The lowest BCUT2D eigenvalue weighted by atomic mass is 10.2. The maximum atomic E-state index is 5.50. The molecule has 0 radical (unpaired) electrons. The average molecular weight is 267 g/mol. The van der Waals surface area contributed by atoms with E-state index < -0.39 is 0 Å². The van der Waals surface area contributed by atoms with Gasteiger partial charge in [0.2, 0.25) is 0 Å². The number of aromatic nitrogens is 2. The number of terminal acetylenes is 1. The van der Waals surface area contributed by atoms with Crippen LogP contribution in [-0.2, 0) is 13.1 Å². The second-order valence-electron chi connectivity index (χ2n) is 4.92. The summed E-state index contributed by atoms with van der Waals surface area (Å²) in [6.45, 7) is 3.71. The van der Waals surface area contributed by atoms with Gasteiger partial charge in [-0.2, -0.15) is 5.10 Å². The highest BCUT2D eigenvalue weighted by molar-refractivity contribution is 5.15. The number of hydrogen-bond donors (Lipinski definition) is 1. The lowest BCUT2D eigenvalue weighted by Crippen LogP contribution is -2.26. The van der Waals surface area contributed by atoms with Crippen LogP contribution in [0.15, 0.2) is 42.7 Å². The van der Waals surface area contributed by atoms with Crippen molar-refractivity contribution in [1.82, 2.24) is 15.1 Å². The van der Waals surface area contributed by atoms with Crippen LogP contribution in [0.3, 0.4) is 0 Å². The molecule has 0 amide bonds. The highest BCUT2D eigenvalue weighted by Gasteiger charge is 2.04. The van der Waals surface area contributed by atoms with Crippen molar-refractivity contribution >= 4 is 0 Å². The molecule has 0 spiro atoms. The molecular weight excluding hydrogens is 246 g/mol. The molecule has 0 fully saturated rings. The van der Waals surface area contributed by atoms with Crippen LogP contribution in [0.2, 0.25) is 0 Å². The van der Waals surface area contributed by atoms with Gasteiger partial charge in [0, 0.05) is 18.3 Å². The van der Waals surface area contributed by atoms with Crippen LogP contribution in [0.5, 0.6) is 0 Å². The summed E-state index contributed by atoms with van der Waals surface area (Å²) in [4.78, 5) is 0. The third-order valence-corrected chi connectivity index (χ3v) is 3.21. The fraction of sp³-hybridized carbons (Fsp3) is 0.353. The molecule has 1 aromatic carbocycles. The predicted octanol–water partition coefficient (Wildman–Crippen LogP) is 2.82. The van der Waals surface area contributed by atoms with Crippen LogP contribution < -0.4 is 5.32 Å². The summed E-state index contributed by atoms with van der Waals surface area (Å²) in [6.07, 6.45) is 11.6. The zero-order valence-corrected chi connectivity index (χ0v) is 11.9. The SMILES string of the molecule is C#CC(CCC)NCc1cnn(Cc2ccccc2)c1. The maximum absolute atomic E-state index is 5.50. The lowest BCUT2D eigenvalue weighted by molar-refractivity contribution is 0.562. The van der Waals surface area contributed by atoms with Crippen LogP contribution in [-0.4, -0.2) is 15.8 Å². The van der Waals surface area contributed by atoms with Gasteiger partial charge in [-0.3, -0.25) is 10.00 Å². The summed E-state index contributed by atoms with van der Waals surface area (Å²) in [5.74, 6) is 2.78. The van der Waals surface area contributed by atoms with Crippen molar-refractivity contribution < 1.29 is 0 Å². The number of hydrogen-bond acceptors (Lipinski definition) is 2. The van der Waals surface area contributed by atoms with Crippen molar-refractivity contribution in [1.29, 1.82) is 0 Å². The van der Waals surface area contributed by atoms with E-state index in [1.54, 1.807) is 0 Å². The van der Waals surface area contributed by atoms with Gasteiger partial charge in [-0.1, -0.05) is 49.6 Å². The quantitative estimate of drug-likeness (QED) is 0.782. The molecule has 2 rings (SSSR count). The molecule has 0 saturated carbocycles. The van der Waals surface area contributed by atoms with E-state index in [-0.39, 0.29) is 6.04 Å². The van der Waals surface area contributed by atoms with E-state index in [4.69, 9.17) is 6.42 Å². The molecule has 1 unspecified atom stereocenters. The number of nitrogens with one attached hydrogen (secondary N) is 1. The first-order valence-corrected chi connectivity index (χ1v) is 7.06. The van der Waals surface area contributed by atoms with Gasteiger partial charge in [0.15, 0.2) is 0 Å². The van der Waals surface area contributed by atoms with Gasteiger partial charge in [0.25, 0.3) is 0 Å². The van der Waals surface area contributed by atoms with Crippen molar-refractivity contribution in [2.45, 2.75) is 38.9 Å². The van der Waals surface area contributed by atoms with Crippen molar-refractivity contribution in [3.63, 3.8) is 0 Å². The molecule has 1 N–H and O–H groups in total. The third kappa shape index (κ3) is 4.25. The van der Waals surface area contributed by atoms with Crippen LogP contribution >= 0.6 is 0 Å². The van der Waals surface area contributed by atoms with E-state index in [9.17, 15) is 0 Å². The molecule has 0 bridgehead atoms. The molecule has 3 nitrogen and oxygen atoms in total. The van der Waals surface area contributed by atoms with E-state index in [1.807, 2.05) is 29.1 Å². The normalized spacial score (nSPS) is 12.0. The molecule has 1 aromatic heterocycles. The molecule has 0 aliphatic carbocycles. The second kappa shape index (κ2) is 7.52. The Morgan fingerprint density at radius 3 is 2.80 bits per heavy atom. The van der Waals surface area contributed by atoms with Crippen LogP contribution in [0.25, 0.3) is 0 Å². The summed E-state index contributed by atoms with van der Waals surface area (Å²) in [5.41, 5.74) is 2.42. The van der Waals surface area contributed by atoms with Gasteiger partial charge in [0.05, 0.1) is 18.8 Å². The van der Waals surface area contributed by atoms with Crippen molar-refractivity contribution in [3.05, 3.63) is 53.9 Å². The Morgan fingerprint density at radius 2 is 2.10 bits per heavy atom. The Kier molecular flexibility index (Phi) is 5.40. The van der Waals surface area contributed by atoms with Gasteiger partial charge in [-0.15, -0.1) is 6.42 Å². The number of nitrogens with zero attached hydrogens (tertiary/aromatic N) is 2. The van der Waals surface area contributed by atoms with Crippen molar-refractivity contribution in [3.8, 4) is 12.3 Å². The Labute approximate surface area is 121 Å². The monoisotopic (exact) mass is 267 g/mol. The first kappa shape index (κ1) is 14.4. The zero-order valence-electron chi connectivity index (χ0n) is 11.9. The first-order valence-electron chi connectivity index (χ1n) is 7.06. The average Bonchev–Trinajstić information content (AvgIpc) is 2.92. The Hall–Kier alpha value is -2.05. The minimum absolute atomic E-state index is 0.150. The van der Waals surface area contributed by atoms with Gasteiger partial charge in [0.1, 0.15) is 0 Å². The summed E-state index contributed by atoms with van der Waals surface area (Å²) < 4.78 is 1.96. The zero-order chi connectivity index (χ0) is 14.2. The van der Waals surface area contributed by atoms with E-state index >= 15 is 0 Å². The fourth-order valence-corrected chi connectivity index (χ4v) is 2.13. The molecule has 2 aromatic rings.